The highest BCUT2D eigenvalue weighted by Gasteiger charge is 2.32. The van der Waals surface area contributed by atoms with Crippen molar-refractivity contribution in [2.24, 2.45) is 0 Å². The number of carbonyl (C=O) groups is 1. The minimum Gasteiger partial charge on any atom is -0.395 e. The number of nitrogens with zero attached hydrogens (tertiary/aromatic N) is 3. The number of likely N-dealkylation sites (tertiary alicyclic amines) is 1. The van der Waals surface area contributed by atoms with E-state index in [4.69, 9.17) is 9.63 Å². The van der Waals surface area contributed by atoms with Gasteiger partial charge in [0, 0.05) is 12.6 Å². The predicted molar refractivity (Wildman–Crippen MR) is 65.4 cm³/mol. The van der Waals surface area contributed by atoms with Crippen LogP contribution in [-0.2, 0) is 0 Å². The first-order chi connectivity index (χ1) is 9.28. The van der Waals surface area contributed by atoms with Crippen molar-refractivity contribution in [1.29, 1.82) is 0 Å². The lowest BCUT2D eigenvalue weighted by molar-refractivity contribution is 0.0937. The Morgan fingerprint density at radius 1 is 1.47 bits per heavy atom. The molecule has 7 heteroatoms. The van der Waals surface area contributed by atoms with Crippen molar-refractivity contribution in [3.8, 4) is 0 Å². The van der Waals surface area contributed by atoms with Crippen LogP contribution in [0, 0.1) is 0 Å². The molecule has 1 unspecified atom stereocenters. The molecule has 1 aliphatic heterocycles. The van der Waals surface area contributed by atoms with Gasteiger partial charge in [-0.2, -0.15) is 4.98 Å². The van der Waals surface area contributed by atoms with Gasteiger partial charge in [-0.25, -0.2) is 0 Å². The molecule has 3 rings (SSSR count). The number of amides is 1. The number of rotatable bonds is 5. The van der Waals surface area contributed by atoms with Gasteiger partial charge in [0.25, 0.3) is 11.7 Å². The van der Waals surface area contributed by atoms with Crippen LogP contribution in [0.4, 0.5) is 0 Å². The molecule has 0 spiro atoms. The predicted octanol–water partition coefficient (Wildman–Crippen LogP) is 0.0910. The summed E-state index contributed by atoms with van der Waals surface area (Å²) in [6, 6.07) is 0.314. The van der Waals surface area contributed by atoms with Crippen LogP contribution in [0.2, 0.25) is 0 Å². The Hall–Kier alpha value is -1.47. The van der Waals surface area contributed by atoms with E-state index in [-0.39, 0.29) is 30.4 Å². The van der Waals surface area contributed by atoms with Gasteiger partial charge in [0.05, 0.1) is 12.6 Å². The van der Waals surface area contributed by atoms with Crippen LogP contribution in [0.3, 0.4) is 0 Å². The van der Waals surface area contributed by atoms with E-state index in [1.807, 2.05) is 0 Å². The van der Waals surface area contributed by atoms with Crippen molar-refractivity contribution in [2.45, 2.75) is 37.8 Å². The number of carbonyl (C=O) groups excluding carboxylic acids is 1. The lowest BCUT2D eigenvalue weighted by Gasteiger charge is -2.19. The smallest absolute Gasteiger partial charge is 0.292 e. The van der Waals surface area contributed by atoms with Crippen LogP contribution in [0.25, 0.3) is 0 Å². The molecule has 2 aliphatic rings. The topological polar surface area (TPSA) is 91.5 Å². The van der Waals surface area contributed by atoms with Gasteiger partial charge in [-0.1, -0.05) is 5.16 Å². The SMILES string of the molecule is O=C(NC1CC1)c1noc(C2CCCN2CCO)n1. The van der Waals surface area contributed by atoms with Gasteiger partial charge < -0.3 is 14.9 Å². The second-order valence-corrected chi connectivity index (χ2v) is 5.12. The first-order valence-corrected chi connectivity index (χ1v) is 6.77. The van der Waals surface area contributed by atoms with Crippen LogP contribution < -0.4 is 5.32 Å². The minimum atomic E-state index is -0.260. The van der Waals surface area contributed by atoms with Gasteiger partial charge in [0.1, 0.15) is 0 Å². The maximum atomic E-state index is 11.8. The normalized spacial score (nSPS) is 23.7. The van der Waals surface area contributed by atoms with Crippen LogP contribution in [0.5, 0.6) is 0 Å². The first kappa shape index (κ1) is 12.6. The number of nitrogens with one attached hydrogen (secondary N) is 1. The second kappa shape index (κ2) is 5.26. The lowest BCUT2D eigenvalue weighted by Crippen LogP contribution is -2.27. The molecule has 2 heterocycles. The number of aromatic nitrogens is 2. The summed E-state index contributed by atoms with van der Waals surface area (Å²) in [5.41, 5.74) is 0. The third kappa shape index (κ3) is 2.76. The Balaban J connectivity index is 1.67. The molecule has 1 saturated carbocycles. The zero-order chi connectivity index (χ0) is 13.2. The third-order valence-electron chi connectivity index (χ3n) is 3.59. The molecule has 19 heavy (non-hydrogen) atoms. The van der Waals surface area contributed by atoms with Crippen molar-refractivity contribution in [1.82, 2.24) is 20.4 Å². The van der Waals surface area contributed by atoms with Crippen LogP contribution in [0.15, 0.2) is 4.52 Å². The highest BCUT2D eigenvalue weighted by molar-refractivity contribution is 5.90. The van der Waals surface area contributed by atoms with Gasteiger partial charge in [0.15, 0.2) is 0 Å². The van der Waals surface area contributed by atoms with E-state index in [0.29, 0.717) is 12.4 Å². The van der Waals surface area contributed by atoms with Crippen molar-refractivity contribution >= 4 is 5.91 Å². The summed E-state index contributed by atoms with van der Waals surface area (Å²) in [6.07, 6.45) is 4.02. The quantitative estimate of drug-likeness (QED) is 0.785. The largest absolute Gasteiger partial charge is 0.395 e. The highest BCUT2D eigenvalue weighted by Crippen LogP contribution is 2.30. The Morgan fingerprint density at radius 2 is 2.32 bits per heavy atom. The molecule has 1 amide bonds. The van der Waals surface area contributed by atoms with E-state index in [9.17, 15) is 4.79 Å². The standard InChI is InChI=1S/C12H18N4O3/c17-7-6-16-5-1-2-9(16)12-14-10(15-19-12)11(18)13-8-3-4-8/h8-9,17H,1-7H2,(H,13,18). The fourth-order valence-electron chi connectivity index (χ4n) is 2.44. The molecule has 104 valence electrons. The molecule has 1 aliphatic carbocycles. The summed E-state index contributed by atoms with van der Waals surface area (Å²) in [5, 5.41) is 15.6. The molecule has 0 radical (unpaired) electrons. The van der Waals surface area contributed by atoms with Crippen molar-refractivity contribution < 1.29 is 14.4 Å². The van der Waals surface area contributed by atoms with Crippen LogP contribution in [-0.4, -0.2) is 51.8 Å². The molecule has 1 saturated heterocycles. The van der Waals surface area contributed by atoms with Gasteiger partial charge in [-0.3, -0.25) is 9.69 Å². The lowest BCUT2D eigenvalue weighted by atomic mass is 10.2. The van der Waals surface area contributed by atoms with Gasteiger partial charge in [0.2, 0.25) is 5.89 Å². The molecular formula is C12H18N4O3. The summed E-state index contributed by atoms with van der Waals surface area (Å²) < 4.78 is 5.20. The molecule has 1 aromatic heterocycles. The molecule has 2 N–H and O–H groups in total. The Morgan fingerprint density at radius 3 is 3.05 bits per heavy atom. The van der Waals surface area contributed by atoms with E-state index in [2.05, 4.69) is 20.4 Å². The average molecular weight is 266 g/mol. The molecule has 0 bridgehead atoms. The number of β-amino-alcohol motifs (C(OH)–C–C–N with tert-alkyl or cyclic N) is 1. The number of aliphatic hydroxyl groups excluding tert-OH is 1. The fraction of sp³-hybridized carbons (Fsp3) is 0.750. The van der Waals surface area contributed by atoms with Crippen molar-refractivity contribution in [3.05, 3.63) is 11.7 Å². The van der Waals surface area contributed by atoms with E-state index in [1.54, 1.807) is 0 Å². The molecule has 7 nitrogen and oxygen atoms in total. The van der Waals surface area contributed by atoms with Gasteiger partial charge in [-0.05, 0) is 32.2 Å². The third-order valence-corrected chi connectivity index (χ3v) is 3.59. The number of aliphatic hydroxyl groups is 1. The van der Waals surface area contributed by atoms with Crippen LogP contribution in [0.1, 0.15) is 48.2 Å². The van der Waals surface area contributed by atoms with E-state index < -0.39 is 0 Å². The summed E-state index contributed by atoms with van der Waals surface area (Å²) in [6.45, 7) is 1.62. The first-order valence-electron chi connectivity index (χ1n) is 6.77. The summed E-state index contributed by atoms with van der Waals surface area (Å²) in [7, 11) is 0. The zero-order valence-corrected chi connectivity index (χ0v) is 10.7. The molecule has 1 atom stereocenters. The van der Waals surface area contributed by atoms with E-state index >= 15 is 0 Å². The Kier molecular flexibility index (Phi) is 3.48. The van der Waals surface area contributed by atoms with Crippen LogP contribution >= 0.6 is 0 Å². The number of hydrogen-bond donors (Lipinski definition) is 2. The minimum absolute atomic E-state index is 0.0297. The molecular weight excluding hydrogens is 248 g/mol. The zero-order valence-electron chi connectivity index (χ0n) is 10.7. The van der Waals surface area contributed by atoms with E-state index in [0.717, 1.165) is 32.2 Å². The summed E-state index contributed by atoms with van der Waals surface area (Å²) >= 11 is 0. The van der Waals surface area contributed by atoms with Gasteiger partial charge >= 0.3 is 0 Å². The highest BCUT2D eigenvalue weighted by atomic mass is 16.5. The van der Waals surface area contributed by atoms with Crippen molar-refractivity contribution in [2.75, 3.05) is 19.7 Å². The van der Waals surface area contributed by atoms with Crippen molar-refractivity contribution in [3.63, 3.8) is 0 Å². The maximum Gasteiger partial charge on any atom is 0.292 e. The van der Waals surface area contributed by atoms with Gasteiger partial charge in [-0.15, -0.1) is 0 Å². The fourth-order valence-corrected chi connectivity index (χ4v) is 2.44. The maximum absolute atomic E-state index is 11.8. The average Bonchev–Trinajstić information content (AvgIpc) is 2.93. The summed E-state index contributed by atoms with van der Waals surface area (Å²) in [4.78, 5) is 18.1. The molecule has 1 aromatic rings. The number of hydrogen-bond acceptors (Lipinski definition) is 6. The second-order valence-electron chi connectivity index (χ2n) is 5.12. The van der Waals surface area contributed by atoms with E-state index in [1.165, 1.54) is 0 Å². The molecule has 2 fully saturated rings. The molecule has 0 aromatic carbocycles. The monoisotopic (exact) mass is 266 g/mol. The Bertz CT molecular complexity index is 458. The Labute approximate surface area is 111 Å². The summed E-state index contributed by atoms with van der Waals surface area (Å²) in [5.74, 6) is 0.328.